The molecule has 1 unspecified atom stereocenters. The molecule has 2 aromatic rings. The number of benzene rings is 1. The highest BCUT2D eigenvalue weighted by atomic mass is 35.5. The third-order valence-electron chi connectivity index (χ3n) is 2.77. The minimum absolute atomic E-state index is 0.0527. The summed E-state index contributed by atoms with van der Waals surface area (Å²) < 4.78 is 32.0. The molecule has 1 aromatic heterocycles. The van der Waals surface area contributed by atoms with Crippen molar-refractivity contribution in [2.75, 3.05) is 0 Å². The fourth-order valence-electron chi connectivity index (χ4n) is 1.80. The highest BCUT2D eigenvalue weighted by Crippen LogP contribution is 2.19. The first-order chi connectivity index (χ1) is 8.66. The lowest BCUT2D eigenvalue weighted by Gasteiger charge is -2.10. The molecule has 0 radical (unpaired) electrons. The summed E-state index contributed by atoms with van der Waals surface area (Å²) in [4.78, 5) is 0. The van der Waals surface area contributed by atoms with E-state index < -0.39 is 11.6 Å². The van der Waals surface area contributed by atoms with E-state index in [1.54, 1.807) is 12.3 Å². The Morgan fingerprint density at radius 1 is 1.11 bits per heavy atom. The fourth-order valence-corrected chi connectivity index (χ4v) is 2.07. The van der Waals surface area contributed by atoms with E-state index in [1.165, 1.54) is 18.2 Å². The lowest BCUT2D eigenvalue weighted by atomic mass is 10.0. The van der Waals surface area contributed by atoms with E-state index in [1.807, 2.05) is 6.07 Å². The van der Waals surface area contributed by atoms with Gasteiger partial charge in [-0.05, 0) is 37.1 Å². The standard InChI is InChI=1S/C14H13ClF2O/c15-10(6-7-11-3-2-8-18-11)9-12-13(16)4-1-5-14(12)17/h1-5,8,10H,6-7,9H2. The van der Waals surface area contributed by atoms with E-state index in [0.29, 0.717) is 12.8 Å². The van der Waals surface area contributed by atoms with Crippen molar-refractivity contribution in [2.45, 2.75) is 24.6 Å². The molecule has 1 atom stereocenters. The van der Waals surface area contributed by atoms with Gasteiger partial charge in [0.2, 0.25) is 0 Å². The molecule has 1 nitrogen and oxygen atoms in total. The quantitative estimate of drug-likeness (QED) is 0.737. The summed E-state index contributed by atoms with van der Waals surface area (Å²) >= 11 is 6.10. The van der Waals surface area contributed by atoms with Crippen LogP contribution in [0.15, 0.2) is 41.0 Å². The number of halogens is 3. The summed E-state index contributed by atoms with van der Waals surface area (Å²) in [6, 6.07) is 7.49. The third-order valence-corrected chi connectivity index (χ3v) is 3.14. The van der Waals surface area contributed by atoms with E-state index in [2.05, 4.69) is 0 Å². The van der Waals surface area contributed by atoms with Gasteiger partial charge < -0.3 is 4.42 Å². The number of hydrogen-bond acceptors (Lipinski definition) is 1. The molecule has 18 heavy (non-hydrogen) atoms. The molecule has 0 aliphatic heterocycles. The number of alkyl halides is 1. The van der Waals surface area contributed by atoms with Crippen molar-refractivity contribution in [1.29, 1.82) is 0 Å². The van der Waals surface area contributed by atoms with Crippen LogP contribution in [0.2, 0.25) is 0 Å². The van der Waals surface area contributed by atoms with E-state index in [4.69, 9.17) is 16.0 Å². The van der Waals surface area contributed by atoms with Crippen LogP contribution in [-0.2, 0) is 12.8 Å². The van der Waals surface area contributed by atoms with E-state index in [9.17, 15) is 8.78 Å². The molecule has 4 heteroatoms. The van der Waals surface area contributed by atoms with Gasteiger partial charge in [-0.3, -0.25) is 0 Å². The number of rotatable bonds is 5. The molecule has 0 amide bonds. The molecule has 0 bridgehead atoms. The van der Waals surface area contributed by atoms with Crippen LogP contribution in [-0.4, -0.2) is 5.38 Å². The van der Waals surface area contributed by atoms with Crippen LogP contribution in [0.4, 0.5) is 8.78 Å². The topological polar surface area (TPSA) is 13.1 Å². The Balaban J connectivity index is 1.92. The van der Waals surface area contributed by atoms with Crippen molar-refractivity contribution >= 4 is 11.6 Å². The van der Waals surface area contributed by atoms with Crippen molar-refractivity contribution in [3.05, 3.63) is 59.6 Å². The van der Waals surface area contributed by atoms with Crippen LogP contribution >= 0.6 is 11.6 Å². The van der Waals surface area contributed by atoms with Gasteiger partial charge in [0.15, 0.2) is 0 Å². The molecule has 0 fully saturated rings. The highest BCUT2D eigenvalue weighted by Gasteiger charge is 2.14. The second-order valence-electron chi connectivity index (χ2n) is 4.12. The molecule has 1 aromatic carbocycles. The van der Waals surface area contributed by atoms with Gasteiger partial charge >= 0.3 is 0 Å². The molecule has 0 aliphatic rings. The Bertz CT molecular complexity index is 476. The smallest absolute Gasteiger partial charge is 0.129 e. The zero-order valence-electron chi connectivity index (χ0n) is 9.70. The van der Waals surface area contributed by atoms with E-state index in [-0.39, 0.29) is 17.4 Å². The Hall–Kier alpha value is -1.35. The molecule has 0 saturated carbocycles. The molecule has 0 saturated heterocycles. The normalized spacial score (nSPS) is 12.6. The Labute approximate surface area is 109 Å². The number of hydrogen-bond donors (Lipinski definition) is 0. The zero-order valence-corrected chi connectivity index (χ0v) is 10.5. The van der Waals surface area contributed by atoms with Gasteiger partial charge in [-0.25, -0.2) is 8.78 Å². The van der Waals surface area contributed by atoms with Gasteiger partial charge in [0.1, 0.15) is 17.4 Å². The Morgan fingerprint density at radius 2 is 1.83 bits per heavy atom. The predicted octanol–water partition coefficient (Wildman–Crippen LogP) is 4.34. The van der Waals surface area contributed by atoms with Crippen molar-refractivity contribution in [3.8, 4) is 0 Å². The average Bonchev–Trinajstić information content (AvgIpc) is 2.84. The van der Waals surface area contributed by atoms with E-state index in [0.717, 1.165) is 5.76 Å². The lowest BCUT2D eigenvalue weighted by molar-refractivity contribution is 0.495. The maximum absolute atomic E-state index is 13.4. The first kappa shape index (κ1) is 13.1. The first-order valence-corrected chi connectivity index (χ1v) is 6.20. The molecule has 0 spiro atoms. The van der Waals surface area contributed by atoms with Gasteiger partial charge in [-0.1, -0.05) is 6.07 Å². The maximum atomic E-state index is 13.4. The van der Waals surface area contributed by atoms with Crippen LogP contribution in [0, 0.1) is 11.6 Å². The maximum Gasteiger partial charge on any atom is 0.129 e. The van der Waals surface area contributed by atoms with Crippen molar-refractivity contribution in [1.82, 2.24) is 0 Å². The van der Waals surface area contributed by atoms with Gasteiger partial charge in [-0.15, -0.1) is 11.6 Å². The molecule has 2 rings (SSSR count). The van der Waals surface area contributed by atoms with Crippen molar-refractivity contribution in [3.63, 3.8) is 0 Å². The lowest BCUT2D eigenvalue weighted by Crippen LogP contribution is -2.08. The second-order valence-corrected chi connectivity index (χ2v) is 4.74. The Kier molecular flexibility index (Phi) is 4.37. The van der Waals surface area contributed by atoms with Gasteiger partial charge in [0.05, 0.1) is 6.26 Å². The summed E-state index contributed by atoms with van der Waals surface area (Å²) in [7, 11) is 0. The van der Waals surface area contributed by atoms with Gasteiger partial charge in [-0.2, -0.15) is 0 Å². The van der Waals surface area contributed by atoms with Gasteiger partial charge in [0.25, 0.3) is 0 Å². The van der Waals surface area contributed by atoms with Crippen LogP contribution in [0.1, 0.15) is 17.7 Å². The van der Waals surface area contributed by atoms with Crippen LogP contribution in [0.3, 0.4) is 0 Å². The van der Waals surface area contributed by atoms with Gasteiger partial charge in [0, 0.05) is 17.4 Å². The van der Waals surface area contributed by atoms with Crippen LogP contribution < -0.4 is 0 Å². The molecular formula is C14H13ClF2O. The predicted molar refractivity (Wildman–Crippen MR) is 66.7 cm³/mol. The second kappa shape index (κ2) is 6.01. The summed E-state index contributed by atoms with van der Waals surface area (Å²) in [5, 5.41) is -0.318. The molecule has 0 aliphatic carbocycles. The third kappa shape index (κ3) is 3.33. The summed E-state index contributed by atoms with van der Waals surface area (Å²) in [6.45, 7) is 0. The summed E-state index contributed by atoms with van der Waals surface area (Å²) in [5.74, 6) is -0.257. The largest absolute Gasteiger partial charge is 0.469 e. The van der Waals surface area contributed by atoms with Crippen LogP contribution in [0.25, 0.3) is 0 Å². The average molecular weight is 271 g/mol. The van der Waals surface area contributed by atoms with Crippen molar-refractivity contribution < 1.29 is 13.2 Å². The summed E-state index contributed by atoms with van der Waals surface area (Å²) in [5.41, 5.74) is 0.0527. The van der Waals surface area contributed by atoms with E-state index >= 15 is 0 Å². The molecule has 1 heterocycles. The van der Waals surface area contributed by atoms with Crippen molar-refractivity contribution in [2.24, 2.45) is 0 Å². The summed E-state index contributed by atoms with van der Waals surface area (Å²) in [6.07, 6.45) is 3.05. The minimum Gasteiger partial charge on any atom is -0.469 e. The Morgan fingerprint density at radius 3 is 2.44 bits per heavy atom. The number of aryl methyl sites for hydroxylation is 1. The fraction of sp³-hybridized carbons (Fsp3) is 0.286. The monoisotopic (exact) mass is 270 g/mol. The molecule has 96 valence electrons. The first-order valence-electron chi connectivity index (χ1n) is 5.76. The van der Waals surface area contributed by atoms with Crippen LogP contribution in [0.5, 0.6) is 0 Å². The molecule has 0 N–H and O–H groups in total. The number of furan rings is 1. The minimum atomic E-state index is -0.543. The SMILES string of the molecule is Fc1cccc(F)c1CC(Cl)CCc1ccco1. The zero-order chi connectivity index (χ0) is 13.0. The molecular weight excluding hydrogens is 258 g/mol. The highest BCUT2D eigenvalue weighted by molar-refractivity contribution is 6.20.